The van der Waals surface area contributed by atoms with Crippen LogP contribution in [-0.2, 0) is 4.74 Å². The van der Waals surface area contributed by atoms with Crippen LogP contribution in [0.3, 0.4) is 0 Å². The van der Waals surface area contributed by atoms with E-state index in [2.05, 4.69) is 37.7 Å². The van der Waals surface area contributed by atoms with E-state index < -0.39 is 0 Å². The fraction of sp³-hybridized carbons (Fsp3) is 0.636. The molecule has 1 atom stereocenters. The summed E-state index contributed by atoms with van der Waals surface area (Å²) in [7, 11) is 0. The van der Waals surface area contributed by atoms with Gasteiger partial charge in [0, 0.05) is 6.54 Å². The number of hydrogen-bond acceptors (Lipinski definition) is 5. The second kappa shape index (κ2) is 5.64. The Labute approximate surface area is 109 Å². The van der Waals surface area contributed by atoms with Gasteiger partial charge in [-0.05, 0) is 29.8 Å². The van der Waals surface area contributed by atoms with E-state index in [9.17, 15) is 0 Å². The van der Waals surface area contributed by atoms with Crippen LogP contribution in [-0.4, -0.2) is 42.4 Å². The first kappa shape index (κ1) is 12.6. The Hall–Kier alpha value is -0.880. The predicted octanol–water partition coefficient (Wildman–Crippen LogP) is 1.86. The molecule has 17 heavy (non-hydrogen) atoms. The van der Waals surface area contributed by atoms with Crippen molar-refractivity contribution in [2.45, 2.75) is 19.9 Å². The number of hydrogen-bond donors (Lipinski definition) is 0. The summed E-state index contributed by atoms with van der Waals surface area (Å²) in [5.74, 6) is 1.30. The molecule has 0 radical (unpaired) electrons. The monoisotopic (exact) mass is 301 g/mol. The maximum absolute atomic E-state index is 5.45. The third-order valence-corrected chi connectivity index (χ3v) is 3.15. The molecule has 0 N–H and O–H groups in total. The Balaban J connectivity index is 2.22. The molecule has 1 fully saturated rings. The van der Waals surface area contributed by atoms with Crippen LogP contribution < -0.4 is 9.64 Å². The van der Waals surface area contributed by atoms with Gasteiger partial charge in [-0.25, -0.2) is 4.98 Å². The van der Waals surface area contributed by atoms with Crippen molar-refractivity contribution in [2.24, 2.45) is 0 Å². The summed E-state index contributed by atoms with van der Waals surface area (Å²) >= 11 is 3.38. The van der Waals surface area contributed by atoms with E-state index >= 15 is 0 Å². The van der Waals surface area contributed by atoms with Crippen molar-refractivity contribution < 1.29 is 9.47 Å². The van der Waals surface area contributed by atoms with Gasteiger partial charge in [0.1, 0.15) is 0 Å². The smallest absolute Gasteiger partial charge is 0.232 e. The van der Waals surface area contributed by atoms with E-state index in [-0.39, 0.29) is 0 Å². The largest absolute Gasteiger partial charge is 0.477 e. The third-order valence-electron chi connectivity index (χ3n) is 2.60. The van der Waals surface area contributed by atoms with Gasteiger partial charge in [0.25, 0.3) is 0 Å². The fourth-order valence-corrected chi connectivity index (χ4v) is 2.05. The number of nitrogens with zero attached hydrogens (tertiary/aromatic N) is 3. The van der Waals surface area contributed by atoms with E-state index in [0.29, 0.717) is 37.7 Å². The van der Waals surface area contributed by atoms with E-state index in [1.54, 1.807) is 6.20 Å². The lowest BCUT2D eigenvalue weighted by Gasteiger charge is -2.33. The van der Waals surface area contributed by atoms with Crippen molar-refractivity contribution in [3.63, 3.8) is 0 Å². The van der Waals surface area contributed by atoms with E-state index in [1.165, 1.54) is 0 Å². The second-order valence-electron chi connectivity index (χ2n) is 3.87. The Morgan fingerprint density at radius 3 is 3.18 bits per heavy atom. The van der Waals surface area contributed by atoms with Gasteiger partial charge in [-0.1, -0.05) is 0 Å². The van der Waals surface area contributed by atoms with Crippen molar-refractivity contribution in [3.05, 3.63) is 10.7 Å². The summed E-state index contributed by atoms with van der Waals surface area (Å²) in [6.45, 7) is 6.87. The molecule has 5 nitrogen and oxygen atoms in total. The lowest BCUT2D eigenvalue weighted by Crippen LogP contribution is -2.44. The number of aromatic nitrogens is 2. The highest BCUT2D eigenvalue weighted by molar-refractivity contribution is 9.10. The maximum atomic E-state index is 5.45. The van der Waals surface area contributed by atoms with Crippen LogP contribution in [0.1, 0.15) is 13.8 Å². The molecule has 0 saturated carbocycles. The van der Waals surface area contributed by atoms with Crippen LogP contribution in [0, 0.1) is 0 Å². The molecular formula is C11H16BrN3O2. The number of anilines is 1. The zero-order chi connectivity index (χ0) is 12.3. The number of rotatable bonds is 3. The molecule has 94 valence electrons. The molecular weight excluding hydrogens is 286 g/mol. The Bertz CT molecular complexity index is 389. The molecule has 0 aromatic carbocycles. The topological polar surface area (TPSA) is 47.5 Å². The van der Waals surface area contributed by atoms with Crippen molar-refractivity contribution >= 4 is 21.9 Å². The molecule has 2 rings (SSSR count). The highest BCUT2D eigenvalue weighted by Crippen LogP contribution is 2.25. The van der Waals surface area contributed by atoms with Crippen LogP contribution in [0.2, 0.25) is 0 Å². The molecule has 0 spiro atoms. The predicted molar refractivity (Wildman–Crippen MR) is 68.5 cm³/mol. The number of halogens is 1. The van der Waals surface area contributed by atoms with Gasteiger partial charge in [0.05, 0.1) is 36.5 Å². The van der Waals surface area contributed by atoms with Gasteiger partial charge in [0.2, 0.25) is 11.8 Å². The van der Waals surface area contributed by atoms with E-state index in [4.69, 9.17) is 9.47 Å². The highest BCUT2D eigenvalue weighted by atomic mass is 79.9. The average molecular weight is 302 g/mol. The molecule has 0 amide bonds. The van der Waals surface area contributed by atoms with Crippen LogP contribution >= 0.6 is 15.9 Å². The molecule has 2 heterocycles. The number of morpholine rings is 1. The lowest BCUT2D eigenvalue weighted by atomic mass is 10.3. The molecule has 1 unspecified atom stereocenters. The first-order valence-corrected chi connectivity index (χ1v) is 6.51. The molecule has 1 aliphatic rings. The summed E-state index contributed by atoms with van der Waals surface area (Å²) in [5.41, 5.74) is 0. The minimum Gasteiger partial charge on any atom is -0.477 e. The molecule has 0 aliphatic carbocycles. The molecule has 6 heteroatoms. The molecule has 0 bridgehead atoms. The van der Waals surface area contributed by atoms with E-state index in [0.717, 1.165) is 11.0 Å². The average Bonchev–Trinajstić information content (AvgIpc) is 2.33. The zero-order valence-corrected chi connectivity index (χ0v) is 11.6. The van der Waals surface area contributed by atoms with Gasteiger partial charge in [0.15, 0.2) is 0 Å². The Morgan fingerprint density at radius 1 is 1.65 bits per heavy atom. The van der Waals surface area contributed by atoms with Gasteiger partial charge in [-0.2, -0.15) is 4.98 Å². The first-order valence-electron chi connectivity index (χ1n) is 5.72. The van der Waals surface area contributed by atoms with Crippen molar-refractivity contribution in [3.8, 4) is 5.88 Å². The highest BCUT2D eigenvalue weighted by Gasteiger charge is 2.22. The van der Waals surface area contributed by atoms with Gasteiger partial charge in [-0.15, -0.1) is 0 Å². The summed E-state index contributed by atoms with van der Waals surface area (Å²) < 4.78 is 11.6. The second-order valence-corrected chi connectivity index (χ2v) is 4.73. The van der Waals surface area contributed by atoms with Crippen LogP contribution in [0.4, 0.5) is 5.95 Å². The minimum absolute atomic E-state index is 0.291. The SMILES string of the molecule is CCOc1nc(N2CCOCC2C)ncc1Br. The fourth-order valence-electron chi connectivity index (χ4n) is 1.74. The van der Waals surface area contributed by atoms with Crippen molar-refractivity contribution in [2.75, 3.05) is 31.3 Å². The van der Waals surface area contributed by atoms with Crippen molar-refractivity contribution in [1.82, 2.24) is 9.97 Å². The summed E-state index contributed by atoms with van der Waals surface area (Å²) in [6.07, 6.45) is 1.73. The van der Waals surface area contributed by atoms with Gasteiger partial charge >= 0.3 is 0 Å². The van der Waals surface area contributed by atoms with Gasteiger partial charge in [-0.3, -0.25) is 0 Å². The Morgan fingerprint density at radius 2 is 2.47 bits per heavy atom. The van der Waals surface area contributed by atoms with Gasteiger partial charge < -0.3 is 14.4 Å². The zero-order valence-electron chi connectivity index (χ0n) is 10.0. The van der Waals surface area contributed by atoms with Crippen molar-refractivity contribution in [1.29, 1.82) is 0 Å². The standard InChI is InChI=1S/C11H16BrN3O2/c1-3-17-10-9(12)6-13-11(14-10)15-4-5-16-7-8(15)2/h6,8H,3-5,7H2,1-2H3. The quantitative estimate of drug-likeness (QED) is 0.853. The summed E-state index contributed by atoms with van der Waals surface area (Å²) in [4.78, 5) is 10.9. The summed E-state index contributed by atoms with van der Waals surface area (Å²) in [5, 5.41) is 0. The minimum atomic E-state index is 0.291. The van der Waals surface area contributed by atoms with E-state index in [1.807, 2.05) is 6.92 Å². The maximum Gasteiger partial charge on any atom is 0.232 e. The van der Waals surface area contributed by atoms with Crippen LogP contribution in [0.5, 0.6) is 5.88 Å². The molecule has 1 aliphatic heterocycles. The lowest BCUT2D eigenvalue weighted by molar-refractivity contribution is 0.0980. The summed E-state index contributed by atoms with van der Waals surface area (Å²) in [6, 6.07) is 0.291. The third kappa shape index (κ3) is 2.87. The normalized spacial score (nSPS) is 20.4. The molecule has 1 aromatic rings. The Kier molecular flexibility index (Phi) is 4.17. The van der Waals surface area contributed by atoms with Crippen LogP contribution in [0.25, 0.3) is 0 Å². The molecule has 1 aromatic heterocycles. The first-order chi connectivity index (χ1) is 8.22. The van der Waals surface area contributed by atoms with Crippen LogP contribution in [0.15, 0.2) is 10.7 Å². The molecule has 1 saturated heterocycles. The number of ether oxygens (including phenoxy) is 2.